The lowest BCUT2D eigenvalue weighted by Crippen LogP contribution is -2.17. The maximum Gasteiger partial charge on any atom is 0.184 e. The molecule has 3 rings (SSSR count). The number of hydrogen-bond donors (Lipinski definition) is 1. The molecule has 0 saturated heterocycles. The van der Waals surface area contributed by atoms with Gasteiger partial charge in [0.2, 0.25) is 0 Å². The number of phenolic OH excluding ortho intramolecular Hbond substituents is 1. The van der Waals surface area contributed by atoms with Crippen LogP contribution in [0.1, 0.15) is 58.2 Å². The Balaban J connectivity index is 2.07. The molecule has 1 N–H and O–H groups in total. The highest BCUT2D eigenvalue weighted by Crippen LogP contribution is 2.37. The van der Waals surface area contributed by atoms with Crippen LogP contribution in [0.5, 0.6) is 5.75 Å². The maximum absolute atomic E-state index is 10.9. The molecule has 0 spiro atoms. The van der Waals surface area contributed by atoms with E-state index in [2.05, 4.69) is 62.9 Å². The van der Waals surface area contributed by atoms with Crippen LogP contribution in [-0.2, 0) is 10.8 Å². The molecule has 5 heteroatoms. The number of nitrogens with zero attached hydrogens (tertiary/aromatic N) is 4. The van der Waals surface area contributed by atoms with Crippen LogP contribution in [0.15, 0.2) is 53.9 Å². The molecular weight excluding hydrogens is 348 g/mol. The van der Waals surface area contributed by atoms with E-state index < -0.39 is 0 Å². The summed E-state index contributed by atoms with van der Waals surface area (Å²) in [5.41, 5.74) is 3.46. The molecule has 0 atom stereocenters. The van der Waals surface area contributed by atoms with Gasteiger partial charge in [0, 0.05) is 16.7 Å². The molecule has 0 saturated carbocycles. The van der Waals surface area contributed by atoms with E-state index in [9.17, 15) is 5.11 Å². The number of aromatic hydroxyl groups is 1. The van der Waals surface area contributed by atoms with E-state index in [0.717, 1.165) is 16.7 Å². The Morgan fingerprint density at radius 2 is 1.64 bits per heavy atom. The summed E-state index contributed by atoms with van der Waals surface area (Å²) in [4.78, 5) is 0. The molecule has 0 aliphatic heterocycles. The van der Waals surface area contributed by atoms with E-state index in [0.29, 0.717) is 11.4 Å². The molecule has 2 aromatic carbocycles. The van der Waals surface area contributed by atoms with Crippen LogP contribution in [0.4, 0.5) is 0 Å². The minimum absolute atomic E-state index is 0.0396. The number of rotatable bonds is 3. The van der Waals surface area contributed by atoms with E-state index >= 15 is 0 Å². The molecule has 28 heavy (non-hydrogen) atoms. The first kappa shape index (κ1) is 19.8. The van der Waals surface area contributed by atoms with Crippen molar-refractivity contribution in [3.8, 4) is 17.1 Å². The monoisotopic (exact) mass is 376 g/mol. The van der Waals surface area contributed by atoms with Crippen molar-refractivity contribution in [3.05, 3.63) is 65.5 Å². The second-order valence-electron chi connectivity index (χ2n) is 9.07. The van der Waals surface area contributed by atoms with Crippen molar-refractivity contribution in [1.29, 1.82) is 0 Å². The Bertz CT molecular complexity index is 990. The van der Waals surface area contributed by atoms with E-state index in [4.69, 9.17) is 0 Å². The van der Waals surface area contributed by atoms with Gasteiger partial charge >= 0.3 is 0 Å². The fourth-order valence-electron chi connectivity index (χ4n) is 2.98. The van der Waals surface area contributed by atoms with Crippen LogP contribution in [0.3, 0.4) is 0 Å². The van der Waals surface area contributed by atoms with Gasteiger partial charge in [0.05, 0.1) is 6.21 Å². The van der Waals surface area contributed by atoms with E-state index in [1.807, 2.05) is 36.4 Å². The summed E-state index contributed by atoms with van der Waals surface area (Å²) in [6.45, 7) is 12.8. The van der Waals surface area contributed by atoms with Crippen molar-refractivity contribution < 1.29 is 5.11 Å². The van der Waals surface area contributed by atoms with Gasteiger partial charge in [0.25, 0.3) is 0 Å². The van der Waals surface area contributed by atoms with Gasteiger partial charge < -0.3 is 5.11 Å². The van der Waals surface area contributed by atoms with E-state index in [1.54, 1.807) is 17.2 Å². The first-order valence-corrected chi connectivity index (χ1v) is 9.45. The molecule has 0 bridgehead atoms. The summed E-state index contributed by atoms with van der Waals surface area (Å²) >= 11 is 0. The Morgan fingerprint density at radius 3 is 2.25 bits per heavy atom. The van der Waals surface area contributed by atoms with Crippen LogP contribution in [0.25, 0.3) is 11.4 Å². The topological polar surface area (TPSA) is 63.3 Å². The third kappa shape index (κ3) is 4.14. The summed E-state index contributed by atoms with van der Waals surface area (Å²) in [5.74, 6) is 0.915. The zero-order valence-corrected chi connectivity index (χ0v) is 17.4. The van der Waals surface area contributed by atoms with Gasteiger partial charge in [0.1, 0.15) is 12.1 Å². The van der Waals surface area contributed by atoms with Crippen molar-refractivity contribution in [1.82, 2.24) is 14.9 Å². The van der Waals surface area contributed by atoms with Crippen LogP contribution in [-0.4, -0.2) is 26.2 Å². The molecule has 146 valence electrons. The van der Waals surface area contributed by atoms with Crippen molar-refractivity contribution in [2.24, 2.45) is 5.10 Å². The lowest BCUT2D eigenvalue weighted by atomic mass is 9.79. The van der Waals surface area contributed by atoms with Crippen LogP contribution in [0, 0.1) is 0 Å². The Hall–Kier alpha value is -2.95. The van der Waals surface area contributed by atoms with Crippen molar-refractivity contribution in [2.75, 3.05) is 0 Å². The molecule has 5 nitrogen and oxygen atoms in total. The van der Waals surface area contributed by atoms with Crippen LogP contribution < -0.4 is 0 Å². The lowest BCUT2D eigenvalue weighted by molar-refractivity contribution is 0.444. The fraction of sp³-hybridized carbons (Fsp3) is 0.348. The summed E-state index contributed by atoms with van der Waals surface area (Å²) in [5, 5.41) is 23.6. The standard InChI is InChI=1S/C23H28N4O/c1-22(2,3)18-12-17(20(28)19(13-18)23(4,5)6)14-25-27-15-24-26-21(27)16-10-8-7-9-11-16/h7-15,28H,1-6H3/b25-14+. The van der Waals surface area contributed by atoms with Gasteiger partial charge in [-0.15, -0.1) is 10.2 Å². The van der Waals surface area contributed by atoms with E-state index in [1.165, 1.54) is 0 Å². The van der Waals surface area contributed by atoms with Gasteiger partial charge in [-0.05, 0) is 22.5 Å². The zero-order chi connectivity index (χ0) is 20.5. The second kappa shape index (κ2) is 7.23. The molecular formula is C23H28N4O. The van der Waals surface area contributed by atoms with Gasteiger partial charge in [0.15, 0.2) is 5.82 Å². The van der Waals surface area contributed by atoms with Crippen molar-refractivity contribution in [2.45, 2.75) is 52.4 Å². The Morgan fingerprint density at radius 1 is 0.964 bits per heavy atom. The quantitative estimate of drug-likeness (QED) is 0.645. The molecule has 1 aromatic heterocycles. The smallest absolute Gasteiger partial charge is 0.184 e. The molecule has 0 aliphatic rings. The summed E-state index contributed by atoms with van der Waals surface area (Å²) in [6, 6.07) is 13.9. The van der Waals surface area contributed by atoms with Gasteiger partial charge in [-0.25, -0.2) is 0 Å². The molecule has 3 aromatic rings. The molecule has 0 amide bonds. The first-order valence-electron chi connectivity index (χ1n) is 9.45. The first-order chi connectivity index (χ1) is 13.1. The Kier molecular flexibility index (Phi) is 5.11. The molecule has 0 fully saturated rings. The van der Waals surface area contributed by atoms with Gasteiger partial charge in [-0.2, -0.15) is 9.78 Å². The highest BCUT2D eigenvalue weighted by atomic mass is 16.3. The normalized spacial score (nSPS) is 12.6. The van der Waals surface area contributed by atoms with Crippen molar-refractivity contribution >= 4 is 6.21 Å². The molecule has 0 radical (unpaired) electrons. The van der Waals surface area contributed by atoms with Gasteiger partial charge in [-0.1, -0.05) is 77.9 Å². The number of benzene rings is 2. The fourth-order valence-corrected chi connectivity index (χ4v) is 2.98. The zero-order valence-electron chi connectivity index (χ0n) is 17.4. The number of aromatic nitrogens is 3. The average Bonchev–Trinajstić information content (AvgIpc) is 3.08. The molecule has 0 unspecified atom stereocenters. The summed E-state index contributed by atoms with van der Waals surface area (Å²) in [7, 11) is 0. The van der Waals surface area contributed by atoms with Crippen LogP contribution >= 0.6 is 0 Å². The van der Waals surface area contributed by atoms with Crippen molar-refractivity contribution in [3.63, 3.8) is 0 Å². The molecule has 1 heterocycles. The highest BCUT2D eigenvalue weighted by molar-refractivity contribution is 5.85. The number of phenols is 1. The lowest BCUT2D eigenvalue weighted by Gasteiger charge is -2.26. The molecule has 0 aliphatic carbocycles. The SMILES string of the molecule is CC(C)(C)c1cc(/C=N/n2cnnc2-c2ccccc2)c(O)c(C(C)(C)C)c1. The maximum atomic E-state index is 10.9. The Labute approximate surface area is 166 Å². The van der Waals surface area contributed by atoms with E-state index in [-0.39, 0.29) is 16.6 Å². The minimum atomic E-state index is -0.181. The predicted octanol–water partition coefficient (Wildman–Crippen LogP) is 5.13. The average molecular weight is 377 g/mol. The minimum Gasteiger partial charge on any atom is -0.507 e. The highest BCUT2D eigenvalue weighted by Gasteiger charge is 2.24. The third-order valence-corrected chi connectivity index (χ3v) is 4.70. The van der Waals surface area contributed by atoms with Crippen LogP contribution in [0.2, 0.25) is 0 Å². The summed E-state index contributed by atoms with van der Waals surface area (Å²) in [6.07, 6.45) is 3.24. The number of hydrogen-bond acceptors (Lipinski definition) is 4. The summed E-state index contributed by atoms with van der Waals surface area (Å²) < 4.78 is 1.62. The largest absolute Gasteiger partial charge is 0.507 e. The predicted molar refractivity (Wildman–Crippen MR) is 114 cm³/mol. The second-order valence-corrected chi connectivity index (χ2v) is 9.07. The van der Waals surface area contributed by atoms with Gasteiger partial charge in [-0.3, -0.25) is 0 Å². The third-order valence-electron chi connectivity index (χ3n) is 4.70.